The fourth-order valence-corrected chi connectivity index (χ4v) is 3.06. The minimum atomic E-state index is -0.662. The fraction of sp³-hybridized carbons (Fsp3) is 0.867. The molecule has 2 fully saturated rings. The summed E-state index contributed by atoms with van der Waals surface area (Å²) < 4.78 is 5.23. The lowest BCUT2D eigenvalue weighted by atomic mass is 9.86. The SMILES string of the molecule is O=C(O)C1CCC(NCCCC(=O)N2CCOCC2)CC1. The lowest BCUT2D eigenvalue weighted by Gasteiger charge is -2.28. The zero-order valence-corrected chi connectivity index (χ0v) is 12.6. The number of carboxylic acid groups (broad SMARTS) is 1. The predicted molar refractivity (Wildman–Crippen MR) is 78.0 cm³/mol. The molecule has 0 radical (unpaired) electrons. The van der Waals surface area contributed by atoms with Crippen LogP contribution in [0.15, 0.2) is 0 Å². The van der Waals surface area contributed by atoms with Gasteiger partial charge in [-0.3, -0.25) is 9.59 Å². The normalized spacial score (nSPS) is 26.6. The smallest absolute Gasteiger partial charge is 0.306 e. The van der Waals surface area contributed by atoms with Gasteiger partial charge in [-0.2, -0.15) is 0 Å². The monoisotopic (exact) mass is 298 g/mol. The largest absolute Gasteiger partial charge is 0.481 e. The molecule has 1 aliphatic carbocycles. The number of morpholine rings is 1. The molecule has 6 nitrogen and oxygen atoms in total. The van der Waals surface area contributed by atoms with Crippen LogP contribution in [0.2, 0.25) is 0 Å². The first kappa shape index (κ1) is 16.2. The molecule has 0 atom stereocenters. The molecule has 2 N–H and O–H groups in total. The number of carboxylic acids is 1. The van der Waals surface area contributed by atoms with Gasteiger partial charge in [-0.15, -0.1) is 0 Å². The van der Waals surface area contributed by atoms with Crippen molar-refractivity contribution in [2.24, 2.45) is 5.92 Å². The van der Waals surface area contributed by atoms with Gasteiger partial charge in [0, 0.05) is 25.6 Å². The van der Waals surface area contributed by atoms with Crippen LogP contribution in [0, 0.1) is 5.92 Å². The number of hydrogen-bond donors (Lipinski definition) is 2. The Hall–Kier alpha value is -1.14. The first-order valence-corrected chi connectivity index (χ1v) is 7.98. The summed E-state index contributed by atoms with van der Waals surface area (Å²) in [6, 6.07) is 0.416. The van der Waals surface area contributed by atoms with Gasteiger partial charge in [0.1, 0.15) is 0 Å². The van der Waals surface area contributed by atoms with Crippen LogP contribution in [-0.4, -0.2) is 60.8 Å². The van der Waals surface area contributed by atoms with Crippen LogP contribution in [0.25, 0.3) is 0 Å². The Kier molecular flexibility index (Phi) is 6.45. The molecule has 2 rings (SSSR count). The van der Waals surface area contributed by atoms with E-state index in [2.05, 4.69) is 5.32 Å². The van der Waals surface area contributed by atoms with Crippen molar-refractivity contribution in [3.05, 3.63) is 0 Å². The average molecular weight is 298 g/mol. The predicted octanol–water partition coefficient (Wildman–Crippen LogP) is 0.858. The van der Waals surface area contributed by atoms with Crippen LogP contribution in [0.3, 0.4) is 0 Å². The first-order valence-electron chi connectivity index (χ1n) is 7.98. The van der Waals surface area contributed by atoms with Gasteiger partial charge in [0.25, 0.3) is 0 Å². The molecule has 120 valence electrons. The Balaban J connectivity index is 1.54. The third-order valence-electron chi connectivity index (χ3n) is 4.44. The van der Waals surface area contributed by atoms with E-state index in [-0.39, 0.29) is 11.8 Å². The molecule has 0 spiro atoms. The zero-order valence-electron chi connectivity index (χ0n) is 12.6. The number of rotatable bonds is 6. The summed E-state index contributed by atoms with van der Waals surface area (Å²) in [5.74, 6) is -0.606. The highest BCUT2D eigenvalue weighted by molar-refractivity contribution is 5.76. The average Bonchev–Trinajstić information content (AvgIpc) is 2.52. The van der Waals surface area contributed by atoms with E-state index in [9.17, 15) is 9.59 Å². The van der Waals surface area contributed by atoms with Gasteiger partial charge < -0.3 is 20.1 Å². The molecular weight excluding hydrogens is 272 g/mol. The molecule has 0 bridgehead atoms. The summed E-state index contributed by atoms with van der Waals surface area (Å²) in [6.45, 7) is 3.56. The van der Waals surface area contributed by atoms with E-state index in [1.807, 2.05) is 4.90 Å². The number of nitrogens with zero attached hydrogens (tertiary/aromatic N) is 1. The summed E-state index contributed by atoms with van der Waals surface area (Å²) in [5, 5.41) is 12.4. The quantitative estimate of drug-likeness (QED) is 0.711. The molecule has 1 saturated carbocycles. The summed E-state index contributed by atoms with van der Waals surface area (Å²) in [4.78, 5) is 24.7. The third kappa shape index (κ3) is 5.28. The molecular formula is C15H26N2O4. The van der Waals surface area contributed by atoms with Gasteiger partial charge in [0.15, 0.2) is 0 Å². The number of aliphatic carboxylic acids is 1. The van der Waals surface area contributed by atoms with E-state index in [1.54, 1.807) is 0 Å². The molecule has 0 aromatic rings. The Morgan fingerprint density at radius 2 is 1.81 bits per heavy atom. The van der Waals surface area contributed by atoms with Crippen molar-refractivity contribution in [2.75, 3.05) is 32.8 Å². The summed E-state index contributed by atoms with van der Waals surface area (Å²) >= 11 is 0. The number of carbonyl (C=O) groups is 2. The van der Waals surface area contributed by atoms with Crippen LogP contribution in [-0.2, 0) is 14.3 Å². The van der Waals surface area contributed by atoms with Crippen molar-refractivity contribution in [1.82, 2.24) is 10.2 Å². The minimum absolute atomic E-state index is 0.161. The molecule has 0 unspecified atom stereocenters. The number of hydrogen-bond acceptors (Lipinski definition) is 4. The lowest BCUT2D eigenvalue weighted by molar-refractivity contribution is -0.143. The van der Waals surface area contributed by atoms with Crippen LogP contribution in [0.5, 0.6) is 0 Å². The molecule has 1 heterocycles. The number of carbonyl (C=O) groups excluding carboxylic acids is 1. The second-order valence-electron chi connectivity index (χ2n) is 5.94. The maximum Gasteiger partial charge on any atom is 0.306 e. The standard InChI is InChI=1S/C15H26N2O4/c18-14(17-8-10-21-11-9-17)2-1-7-16-13-5-3-12(4-6-13)15(19)20/h12-13,16H,1-11H2,(H,19,20). The van der Waals surface area contributed by atoms with E-state index < -0.39 is 5.97 Å². The highest BCUT2D eigenvalue weighted by atomic mass is 16.5. The van der Waals surface area contributed by atoms with Crippen molar-refractivity contribution in [2.45, 2.75) is 44.6 Å². The Morgan fingerprint density at radius 1 is 1.14 bits per heavy atom. The van der Waals surface area contributed by atoms with E-state index in [1.165, 1.54) is 0 Å². The number of amides is 1. The molecule has 0 aromatic carbocycles. The topological polar surface area (TPSA) is 78.9 Å². The van der Waals surface area contributed by atoms with Crippen molar-refractivity contribution < 1.29 is 19.4 Å². The maximum atomic E-state index is 11.9. The third-order valence-corrected chi connectivity index (χ3v) is 4.44. The van der Waals surface area contributed by atoms with Gasteiger partial charge in [-0.1, -0.05) is 0 Å². The van der Waals surface area contributed by atoms with Gasteiger partial charge in [-0.05, 0) is 38.6 Å². The maximum absolute atomic E-state index is 11.9. The van der Waals surface area contributed by atoms with Crippen molar-refractivity contribution in [3.8, 4) is 0 Å². The molecule has 2 aliphatic rings. The molecule has 6 heteroatoms. The number of ether oxygens (including phenoxy) is 1. The zero-order chi connectivity index (χ0) is 15.1. The Labute approximate surface area is 125 Å². The first-order chi connectivity index (χ1) is 10.2. The van der Waals surface area contributed by atoms with Gasteiger partial charge in [0.2, 0.25) is 5.91 Å². The molecule has 1 saturated heterocycles. The molecule has 1 aliphatic heterocycles. The second kappa shape index (κ2) is 8.34. The highest BCUT2D eigenvalue weighted by Gasteiger charge is 2.25. The van der Waals surface area contributed by atoms with Gasteiger partial charge in [0.05, 0.1) is 19.1 Å². The van der Waals surface area contributed by atoms with Crippen molar-refractivity contribution in [3.63, 3.8) is 0 Å². The summed E-state index contributed by atoms with van der Waals surface area (Å²) in [7, 11) is 0. The molecule has 0 aromatic heterocycles. The lowest BCUT2D eigenvalue weighted by Crippen LogP contribution is -2.41. The highest BCUT2D eigenvalue weighted by Crippen LogP contribution is 2.24. The second-order valence-corrected chi connectivity index (χ2v) is 5.94. The van der Waals surface area contributed by atoms with E-state index >= 15 is 0 Å². The Morgan fingerprint density at radius 3 is 2.43 bits per heavy atom. The summed E-state index contributed by atoms with van der Waals surface area (Å²) in [5.41, 5.74) is 0. The van der Waals surface area contributed by atoms with Crippen molar-refractivity contribution in [1.29, 1.82) is 0 Å². The molecule has 21 heavy (non-hydrogen) atoms. The van der Waals surface area contributed by atoms with Crippen LogP contribution in [0.1, 0.15) is 38.5 Å². The minimum Gasteiger partial charge on any atom is -0.481 e. The molecule has 1 amide bonds. The fourth-order valence-electron chi connectivity index (χ4n) is 3.06. The van der Waals surface area contributed by atoms with E-state index in [0.29, 0.717) is 38.8 Å². The Bertz CT molecular complexity index is 348. The van der Waals surface area contributed by atoms with Gasteiger partial charge >= 0.3 is 5.97 Å². The van der Waals surface area contributed by atoms with Crippen LogP contribution >= 0.6 is 0 Å². The van der Waals surface area contributed by atoms with Crippen LogP contribution in [0.4, 0.5) is 0 Å². The van der Waals surface area contributed by atoms with Crippen LogP contribution < -0.4 is 5.32 Å². The van der Waals surface area contributed by atoms with E-state index in [4.69, 9.17) is 9.84 Å². The van der Waals surface area contributed by atoms with Crippen molar-refractivity contribution >= 4 is 11.9 Å². The van der Waals surface area contributed by atoms with E-state index in [0.717, 1.165) is 38.6 Å². The summed E-state index contributed by atoms with van der Waals surface area (Å²) in [6.07, 6.45) is 4.80. The number of nitrogens with one attached hydrogen (secondary N) is 1. The van der Waals surface area contributed by atoms with Gasteiger partial charge in [-0.25, -0.2) is 0 Å².